The number of hydrogen-bond acceptors (Lipinski definition) is 3. The summed E-state index contributed by atoms with van der Waals surface area (Å²) in [6.07, 6.45) is 0. The van der Waals surface area contributed by atoms with E-state index < -0.39 is 24.9 Å². The van der Waals surface area contributed by atoms with E-state index in [4.69, 9.17) is 10.5 Å². The van der Waals surface area contributed by atoms with Crippen LogP contribution < -0.4 is 11.1 Å². The van der Waals surface area contributed by atoms with E-state index in [1.165, 1.54) is 7.11 Å². The maximum Gasteiger partial charge on any atom is 0.277 e. The Morgan fingerprint density at radius 3 is 2.83 bits per heavy atom. The number of nitrogens with one attached hydrogen (secondary N) is 1. The number of amides is 1. The number of benzene rings is 1. The quantitative estimate of drug-likeness (QED) is 0.804. The average molecular weight is 258 g/mol. The zero-order valence-electron chi connectivity index (χ0n) is 10.1. The van der Waals surface area contributed by atoms with Gasteiger partial charge in [-0.15, -0.1) is 0 Å². The van der Waals surface area contributed by atoms with Crippen molar-refractivity contribution in [2.45, 2.75) is 12.5 Å². The topological polar surface area (TPSA) is 64.3 Å². The molecule has 0 fully saturated rings. The van der Waals surface area contributed by atoms with E-state index in [-0.39, 0.29) is 0 Å². The molecule has 6 heteroatoms. The maximum atomic E-state index is 12.9. The van der Waals surface area contributed by atoms with Crippen molar-refractivity contribution in [2.75, 3.05) is 20.2 Å². The lowest BCUT2D eigenvalue weighted by Crippen LogP contribution is -2.41. The minimum absolute atomic E-state index is 0.317. The highest BCUT2D eigenvalue weighted by Gasteiger charge is 2.27. The molecule has 0 aromatic heterocycles. The lowest BCUT2D eigenvalue weighted by atomic mass is 10.1. The van der Waals surface area contributed by atoms with E-state index in [0.29, 0.717) is 12.2 Å². The molecule has 0 spiro atoms. The van der Waals surface area contributed by atoms with Gasteiger partial charge < -0.3 is 15.8 Å². The highest BCUT2D eigenvalue weighted by Crippen LogP contribution is 2.10. The fourth-order valence-corrected chi connectivity index (χ4v) is 1.35. The van der Waals surface area contributed by atoms with Gasteiger partial charge in [0.15, 0.2) is 0 Å². The number of carbonyl (C=O) groups is 1. The number of rotatable bonds is 6. The highest BCUT2D eigenvalue weighted by atomic mass is 19.3. The van der Waals surface area contributed by atoms with E-state index >= 15 is 0 Å². The molecular weight excluding hydrogens is 242 g/mol. The summed E-state index contributed by atoms with van der Waals surface area (Å²) in [4.78, 5) is 11.6. The van der Waals surface area contributed by atoms with Crippen LogP contribution in [-0.2, 0) is 11.3 Å². The van der Waals surface area contributed by atoms with Gasteiger partial charge in [-0.05, 0) is 17.7 Å². The fourth-order valence-electron chi connectivity index (χ4n) is 1.35. The monoisotopic (exact) mass is 258 g/mol. The van der Waals surface area contributed by atoms with Crippen molar-refractivity contribution in [3.63, 3.8) is 0 Å². The molecule has 0 unspecified atom stereocenters. The largest absolute Gasteiger partial charge is 0.380 e. The van der Waals surface area contributed by atoms with Crippen molar-refractivity contribution in [1.82, 2.24) is 5.32 Å². The molecule has 100 valence electrons. The van der Waals surface area contributed by atoms with Gasteiger partial charge in [0.25, 0.3) is 11.8 Å². The third-order valence-electron chi connectivity index (χ3n) is 2.31. The third-order valence-corrected chi connectivity index (χ3v) is 2.31. The van der Waals surface area contributed by atoms with Crippen LogP contribution in [0.4, 0.5) is 8.78 Å². The lowest BCUT2D eigenvalue weighted by molar-refractivity contribution is 0.0118. The third kappa shape index (κ3) is 4.38. The molecule has 0 aliphatic rings. The van der Waals surface area contributed by atoms with E-state index in [9.17, 15) is 13.6 Å². The zero-order valence-corrected chi connectivity index (χ0v) is 10.1. The molecule has 0 saturated heterocycles. The number of halogens is 2. The molecule has 0 atom stereocenters. The molecule has 18 heavy (non-hydrogen) atoms. The van der Waals surface area contributed by atoms with E-state index in [1.807, 2.05) is 0 Å². The van der Waals surface area contributed by atoms with Crippen molar-refractivity contribution in [2.24, 2.45) is 5.73 Å². The van der Waals surface area contributed by atoms with E-state index in [0.717, 1.165) is 5.56 Å². The van der Waals surface area contributed by atoms with Gasteiger partial charge in [0.2, 0.25) is 0 Å². The molecule has 0 heterocycles. The first-order valence-electron chi connectivity index (χ1n) is 5.42. The predicted molar refractivity (Wildman–Crippen MR) is 63.5 cm³/mol. The molecular formula is C12H16F2N2O2. The Morgan fingerprint density at radius 2 is 2.22 bits per heavy atom. The van der Waals surface area contributed by atoms with Crippen LogP contribution in [0.2, 0.25) is 0 Å². The summed E-state index contributed by atoms with van der Waals surface area (Å²) in [7, 11) is 1.54. The number of nitrogens with two attached hydrogens (primary N) is 1. The molecule has 0 aliphatic heterocycles. The van der Waals surface area contributed by atoms with Crippen molar-refractivity contribution in [3.8, 4) is 0 Å². The second-order valence-electron chi connectivity index (χ2n) is 3.88. The summed E-state index contributed by atoms with van der Waals surface area (Å²) < 4.78 is 30.7. The average Bonchev–Trinajstić information content (AvgIpc) is 2.37. The molecule has 0 aliphatic carbocycles. The zero-order chi connectivity index (χ0) is 13.6. The number of methoxy groups -OCH3 is 1. The van der Waals surface area contributed by atoms with Crippen LogP contribution >= 0.6 is 0 Å². The summed E-state index contributed by atoms with van der Waals surface area (Å²) in [5.41, 5.74) is 6.00. The molecule has 1 rings (SSSR count). The van der Waals surface area contributed by atoms with Gasteiger partial charge in [-0.1, -0.05) is 12.1 Å². The Labute approximate surface area is 104 Å². The van der Waals surface area contributed by atoms with E-state index in [2.05, 4.69) is 5.32 Å². The molecule has 1 amide bonds. The van der Waals surface area contributed by atoms with Gasteiger partial charge in [-0.2, -0.15) is 0 Å². The molecule has 3 N–H and O–H groups in total. The number of hydrogen-bond donors (Lipinski definition) is 2. The lowest BCUT2D eigenvalue weighted by Gasteiger charge is -2.14. The van der Waals surface area contributed by atoms with Crippen molar-refractivity contribution < 1.29 is 18.3 Å². The normalized spacial score (nSPS) is 11.3. The number of alkyl halides is 2. The molecule has 0 radical (unpaired) electrons. The highest BCUT2D eigenvalue weighted by molar-refractivity contribution is 5.94. The number of carbonyl (C=O) groups excluding carboxylic acids is 1. The Hall–Kier alpha value is -1.53. The molecule has 1 aromatic rings. The smallest absolute Gasteiger partial charge is 0.277 e. The standard InChI is InChI=1S/C12H16F2N2O2/c1-18-6-9-3-2-4-10(5-9)11(17)16-8-12(13,14)7-15/h2-5H,6-8,15H2,1H3,(H,16,17). The summed E-state index contributed by atoms with van der Waals surface area (Å²) >= 11 is 0. The summed E-state index contributed by atoms with van der Waals surface area (Å²) in [6, 6.07) is 6.60. The first kappa shape index (κ1) is 14.5. The van der Waals surface area contributed by atoms with Crippen molar-refractivity contribution in [3.05, 3.63) is 35.4 Å². The van der Waals surface area contributed by atoms with E-state index in [1.54, 1.807) is 24.3 Å². The van der Waals surface area contributed by atoms with Crippen molar-refractivity contribution >= 4 is 5.91 Å². The van der Waals surface area contributed by atoms with Crippen LogP contribution in [0.1, 0.15) is 15.9 Å². The van der Waals surface area contributed by atoms with Gasteiger partial charge in [0.05, 0.1) is 19.7 Å². The summed E-state index contributed by atoms with van der Waals surface area (Å²) in [5.74, 6) is -3.64. The SMILES string of the molecule is COCc1cccc(C(=O)NCC(F)(F)CN)c1. The molecule has 0 bridgehead atoms. The van der Waals surface area contributed by atoms with Gasteiger partial charge in [-0.3, -0.25) is 4.79 Å². The van der Waals surface area contributed by atoms with Crippen LogP contribution in [0.25, 0.3) is 0 Å². The first-order chi connectivity index (χ1) is 8.48. The van der Waals surface area contributed by atoms with Gasteiger partial charge in [-0.25, -0.2) is 8.78 Å². The molecule has 1 aromatic carbocycles. The van der Waals surface area contributed by atoms with Gasteiger partial charge in [0.1, 0.15) is 0 Å². The molecule has 4 nitrogen and oxygen atoms in total. The Kier molecular flexibility index (Phi) is 5.18. The minimum Gasteiger partial charge on any atom is -0.380 e. The van der Waals surface area contributed by atoms with Crippen LogP contribution in [0, 0.1) is 0 Å². The van der Waals surface area contributed by atoms with Gasteiger partial charge >= 0.3 is 0 Å². The van der Waals surface area contributed by atoms with Crippen LogP contribution in [0.5, 0.6) is 0 Å². The van der Waals surface area contributed by atoms with Crippen LogP contribution in [0.15, 0.2) is 24.3 Å². The second-order valence-corrected chi connectivity index (χ2v) is 3.88. The maximum absolute atomic E-state index is 12.9. The van der Waals surface area contributed by atoms with Crippen LogP contribution in [-0.4, -0.2) is 32.0 Å². The molecule has 0 saturated carbocycles. The first-order valence-corrected chi connectivity index (χ1v) is 5.42. The second kappa shape index (κ2) is 6.42. The Balaban J connectivity index is 2.64. The Morgan fingerprint density at radius 1 is 1.50 bits per heavy atom. The van der Waals surface area contributed by atoms with Crippen LogP contribution in [0.3, 0.4) is 0 Å². The Bertz CT molecular complexity index is 411. The predicted octanol–water partition coefficient (Wildman–Crippen LogP) is 1.16. The fraction of sp³-hybridized carbons (Fsp3) is 0.417. The number of ether oxygens (including phenoxy) is 1. The summed E-state index contributed by atoms with van der Waals surface area (Å²) in [5, 5.41) is 2.15. The van der Waals surface area contributed by atoms with Crippen molar-refractivity contribution in [1.29, 1.82) is 0 Å². The van der Waals surface area contributed by atoms with Gasteiger partial charge in [0, 0.05) is 12.7 Å². The summed E-state index contributed by atoms with van der Waals surface area (Å²) in [6.45, 7) is -1.20. The minimum atomic E-state index is -3.08.